The van der Waals surface area contributed by atoms with Gasteiger partial charge in [-0.25, -0.2) is 0 Å². The molecule has 0 bridgehead atoms. The third-order valence-corrected chi connectivity index (χ3v) is 2.99. The van der Waals surface area contributed by atoms with Crippen LogP contribution in [0.1, 0.15) is 45.1 Å². The summed E-state index contributed by atoms with van der Waals surface area (Å²) in [5.41, 5.74) is 1.33. The van der Waals surface area contributed by atoms with E-state index in [-0.39, 0.29) is 5.38 Å². The van der Waals surface area contributed by atoms with Crippen LogP contribution in [0.4, 0.5) is 0 Å². The Morgan fingerprint density at radius 1 is 1.18 bits per heavy atom. The maximum Gasteiger partial charge on any atom is 0.119 e. The van der Waals surface area contributed by atoms with Gasteiger partial charge in [-0.05, 0) is 43.9 Å². The van der Waals surface area contributed by atoms with Gasteiger partial charge in [-0.2, -0.15) is 0 Å². The number of unbranched alkanes of at least 4 members (excludes halogenated alkanes) is 2. The number of alkyl halides is 1. The van der Waals surface area contributed by atoms with Crippen LogP contribution in [-0.4, -0.2) is 12.0 Å². The lowest BCUT2D eigenvalue weighted by molar-refractivity contribution is 0.306. The Morgan fingerprint density at radius 2 is 1.88 bits per heavy atom. The van der Waals surface area contributed by atoms with E-state index in [0.29, 0.717) is 0 Å². The van der Waals surface area contributed by atoms with Crippen molar-refractivity contribution in [3.05, 3.63) is 29.8 Å². The van der Waals surface area contributed by atoms with Crippen LogP contribution < -0.4 is 4.74 Å². The summed E-state index contributed by atoms with van der Waals surface area (Å²) in [5, 5.41) is 0.250. The molecule has 0 spiro atoms. The Morgan fingerprint density at radius 3 is 2.47 bits per heavy atom. The Bertz CT molecular complexity index is 292. The quantitative estimate of drug-likeness (QED) is 0.478. The highest BCUT2D eigenvalue weighted by molar-refractivity contribution is 6.20. The second-order valence-corrected chi connectivity index (χ2v) is 5.26. The average molecular weight is 255 g/mol. The van der Waals surface area contributed by atoms with E-state index in [2.05, 4.69) is 31.2 Å². The van der Waals surface area contributed by atoms with Gasteiger partial charge in [0.05, 0.1) is 6.61 Å². The van der Waals surface area contributed by atoms with Gasteiger partial charge in [-0.15, -0.1) is 11.6 Å². The predicted molar refractivity (Wildman–Crippen MR) is 75.1 cm³/mol. The normalized spacial score (nSPS) is 12.4. The molecule has 0 fully saturated rings. The third kappa shape index (κ3) is 6.58. The molecule has 0 saturated carbocycles. The van der Waals surface area contributed by atoms with E-state index in [1.54, 1.807) is 0 Å². The van der Waals surface area contributed by atoms with E-state index in [1.807, 2.05) is 6.92 Å². The largest absolute Gasteiger partial charge is 0.494 e. The van der Waals surface area contributed by atoms with Crippen molar-refractivity contribution in [1.82, 2.24) is 0 Å². The van der Waals surface area contributed by atoms with Crippen molar-refractivity contribution in [1.29, 1.82) is 0 Å². The molecule has 17 heavy (non-hydrogen) atoms. The van der Waals surface area contributed by atoms with Crippen molar-refractivity contribution in [2.45, 2.75) is 51.3 Å². The summed E-state index contributed by atoms with van der Waals surface area (Å²) >= 11 is 5.93. The SMILES string of the molecule is CCCCCOc1ccc(CCC(C)Cl)cc1. The van der Waals surface area contributed by atoms with Crippen molar-refractivity contribution in [3.63, 3.8) is 0 Å². The molecule has 0 aliphatic heterocycles. The molecule has 0 aliphatic rings. The molecule has 0 N–H and O–H groups in total. The molecule has 0 amide bonds. The van der Waals surface area contributed by atoms with Crippen LogP contribution in [0.15, 0.2) is 24.3 Å². The molecule has 1 unspecified atom stereocenters. The number of aryl methyl sites for hydroxylation is 1. The van der Waals surface area contributed by atoms with Crippen molar-refractivity contribution < 1.29 is 4.74 Å². The first-order valence-electron chi connectivity index (χ1n) is 6.58. The standard InChI is InChI=1S/C15H23ClO/c1-3-4-5-12-17-15-10-8-14(9-11-15)7-6-13(2)16/h8-11,13H,3-7,12H2,1-2H3. The molecule has 2 heteroatoms. The summed E-state index contributed by atoms with van der Waals surface area (Å²) in [7, 11) is 0. The summed E-state index contributed by atoms with van der Waals surface area (Å²) in [6, 6.07) is 8.38. The van der Waals surface area contributed by atoms with Gasteiger partial charge in [0.1, 0.15) is 5.75 Å². The van der Waals surface area contributed by atoms with Crippen molar-refractivity contribution in [2.24, 2.45) is 0 Å². The molecule has 0 saturated heterocycles. The van der Waals surface area contributed by atoms with Crippen molar-refractivity contribution >= 4 is 11.6 Å². The van der Waals surface area contributed by atoms with Crippen LogP contribution >= 0.6 is 11.6 Å². The van der Waals surface area contributed by atoms with Gasteiger partial charge < -0.3 is 4.74 Å². The number of hydrogen-bond donors (Lipinski definition) is 0. The molecule has 1 aromatic rings. The maximum absolute atomic E-state index is 5.93. The van der Waals surface area contributed by atoms with Crippen LogP contribution in [0.25, 0.3) is 0 Å². The Hall–Kier alpha value is -0.690. The minimum absolute atomic E-state index is 0.250. The summed E-state index contributed by atoms with van der Waals surface area (Å²) in [6.07, 6.45) is 5.69. The average Bonchev–Trinajstić information content (AvgIpc) is 2.33. The lowest BCUT2D eigenvalue weighted by atomic mass is 10.1. The number of hydrogen-bond acceptors (Lipinski definition) is 1. The molecule has 0 aliphatic carbocycles. The fraction of sp³-hybridized carbons (Fsp3) is 0.600. The minimum atomic E-state index is 0.250. The summed E-state index contributed by atoms with van der Waals surface area (Å²) in [6.45, 7) is 5.06. The molecule has 1 nitrogen and oxygen atoms in total. The minimum Gasteiger partial charge on any atom is -0.494 e. The van der Waals surface area contributed by atoms with Crippen LogP contribution in [0.3, 0.4) is 0 Å². The highest BCUT2D eigenvalue weighted by atomic mass is 35.5. The zero-order valence-corrected chi connectivity index (χ0v) is 11.7. The topological polar surface area (TPSA) is 9.23 Å². The molecular formula is C15H23ClO. The highest BCUT2D eigenvalue weighted by Gasteiger charge is 1.99. The molecule has 1 rings (SSSR count). The molecule has 96 valence electrons. The molecule has 1 atom stereocenters. The van der Waals surface area contributed by atoms with Gasteiger partial charge >= 0.3 is 0 Å². The Labute approximate surface area is 110 Å². The van der Waals surface area contributed by atoms with Gasteiger partial charge in [0, 0.05) is 5.38 Å². The van der Waals surface area contributed by atoms with E-state index in [9.17, 15) is 0 Å². The number of halogens is 1. The van der Waals surface area contributed by atoms with Gasteiger partial charge in [0.25, 0.3) is 0 Å². The molecular weight excluding hydrogens is 232 g/mol. The second kappa shape index (κ2) is 8.41. The van der Waals surface area contributed by atoms with Gasteiger partial charge in [-0.1, -0.05) is 31.9 Å². The molecule has 0 radical (unpaired) electrons. The van der Waals surface area contributed by atoms with E-state index in [0.717, 1.165) is 31.6 Å². The first kappa shape index (κ1) is 14.4. The van der Waals surface area contributed by atoms with Crippen LogP contribution in [0.5, 0.6) is 5.75 Å². The van der Waals surface area contributed by atoms with Crippen molar-refractivity contribution in [3.8, 4) is 5.75 Å². The van der Waals surface area contributed by atoms with Crippen LogP contribution in [0.2, 0.25) is 0 Å². The lowest BCUT2D eigenvalue weighted by Crippen LogP contribution is -1.98. The first-order valence-corrected chi connectivity index (χ1v) is 7.02. The zero-order valence-electron chi connectivity index (χ0n) is 10.9. The van der Waals surface area contributed by atoms with Crippen LogP contribution in [-0.2, 0) is 6.42 Å². The fourth-order valence-electron chi connectivity index (χ4n) is 1.66. The smallest absolute Gasteiger partial charge is 0.119 e. The first-order chi connectivity index (χ1) is 8.22. The predicted octanol–water partition coefficient (Wildman–Crippen LogP) is 4.82. The number of rotatable bonds is 8. The summed E-state index contributed by atoms with van der Waals surface area (Å²) < 4.78 is 5.66. The van der Waals surface area contributed by atoms with E-state index >= 15 is 0 Å². The summed E-state index contributed by atoms with van der Waals surface area (Å²) in [5.74, 6) is 0.976. The van der Waals surface area contributed by atoms with Crippen LogP contribution in [0, 0.1) is 0 Å². The van der Waals surface area contributed by atoms with Gasteiger partial charge in [0.2, 0.25) is 0 Å². The number of ether oxygens (including phenoxy) is 1. The monoisotopic (exact) mass is 254 g/mol. The molecule has 0 heterocycles. The molecule has 0 aromatic heterocycles. The van der Waals surface area contributed by atoms with Gasteiger partial charge in [0.15, 0.2) is 0 Å². The zero-order chi connectivity index (χ0) is 12.5. The van der Waals surface area contributed by atoms with E-state index in [1.165, 1.54) is 18.4 Å². The molecule has 1 aromatic carbocycles. The highest BCUT2D eigenvalue weighted by Crippen LogP contribution is 2.15. The third-order valence-electron chi connectivity index (χ3n) is 2.77. The fourth-order valence-corrected chi connectivity index (χ4v) is 1.77. The second-order valence-electron chi connectivity index (χ2n) is 4.52. The Balaban J connectivity index is 2.29. The van der Waals surface area contributed by atoms with Gasteiger partial charge in [-0.3, -0.25) is 0 Å². The van der Waals surface area contributed by atoms with E-state index < -0.39 is 0 Å². The number of benzene rings is 1. The van der Waals surface area contributed by atoms with E-state index in [4.69, 9.17) is 16.3 Å². The summed E-state index contributed by atoms with van der Waals surface area (Å²) in [4.78, 5) is 0. The Kier molecular flexibility index (Phi) is 7.11. The maximum atomic E-state index is 5.93. The lowest BCUT2D eigenvalue weighted by Gasteiger charge is -2.07. The van der Waals surface area contributed by atoms with Crippen molar-refractivity contribution in [2.75, 3.05) is 6.61 Å².